The molecule has 0 spiro atoms. The molecule has 2 aliphatic rings. The molecule has 0 aromatic heterocycles. The van der Waals surface area contributed by atoms with Gasteiger partial charge in [0.2, 0.25) is 0 Å². The lowest BCUT2D eigenvalue weighted by atomic mass is 10.1. The highest BCUT2D eigenvalue weighted by atomic mass is 16.4. The predicted octanol–water partition coefficient (Wildman–Crippen LogP) is 0.165. The van der Waals surface area contributed by atoms with E-state index in [1.54, 1.807) is 0 Å². The molecule has 2 amide bonds. The van der Waals surface area contributed by atoms with Crippen molar-refractivity contribution in [1.82, 2.24) is 4.90 Å². The van der Waals surface area contributed by atoms with Crippen LogP contribution in [0.3, 0.4) is 0 Å². The summed E-state index contributed by atoms with van der Waals surface area (Å²) in [5.41, 5.74) is 0.312. The molecule has 0 aromatic rings. The van der Waals surface area contributed by atoms with E-state index >= 15 is 0 Å². The number of carboxylic acids is 1. The molecule has 1 fully saturated rings. The lowest BCUT2D eigenvalue weighted by Crippen LogP contribution is -2.46. The molecule has 1 unspecified atom stereocenters. The second-order valence-electron chi connectivity index (χ2n) is 3.96. The summed E-state index contributed by atoms with van der Waals surface area (Å²) in [6, 6.07) is -0.973. The highest BCUT2D eigenvalue weighted by molar-refractivity contribution is 6.17. The van der Waals surface area contributed by atoms with Gasteiger partial charge in [0.05, 0.1) is 0 Å². The first kappa shape index (κ1) is 9.89. The maximum Gasteiger partial charge on any atom is 0.327 e. The topological polar surface area (TPSA) is 74.7 Å². The molecule has 5 nitrogen and oxygen atoms in total. The number of imide groups is 1. The maximum absolute atomic E-state index is 11.6. The Bertz CT molecular complexity index is 381. The monoisotopic (exact) mass is 209 g/mol. The molecular weight excluding hydrogens is 198 g/mol. The quantitative estimate of drug-likeness (QED) is 0.672. The Hall–Kier alpha value is -1.65. The van der Waals surface area contributed by atoms with Crippen LogP contribution in [-0.2, 0) is 14.4 Å². The minimum Gasteiger partial charge on any atom is -0.480 e. The summed E-state index contributed by atoms with van der Waals surface area (Å²) in [6.45, 7) is 1.52. The molecule has 15 heavy (non-hydrogen) atoms. The minimum absolute atomic E-state index is 0.0605. The van der Waals surface area contributed by atoms with Crippen molar-refractivity contribution in [2.45, 2.75) is 25.8 Å². The summed E-state index contributed by atoms with van der Waals surface area (Å²) in [7, 11) is 0. The number of rotatable bonds is 3. The Morgan fingerprint density at radius 1 is 1.53 bits per heavy atom. The van der Waals surface area contributed by atoms with Gasteiger partial charge < -0.3 is 5.11 Å². The zero-order chi connectivity index (χ0) is 11.2. The highest BCUT2D eigenvalue weighted by Crippen LogP contribution is 2.37. The van der Waals surface area contributed by atoms with Gasteiger partial charge in [-0.2, -0.15) is 0 Å². The molecule has 0 radical (unpaired) electrons. The Morgan fingerprint density at radius 2 is 2.13 bits per heavy atom. The van der Waals surface area contributed by atoms with Gasteiger partial charge in [0, 0.05) is 11.6 Å². The van der Waals surface area contributed by atoms with Crippen molar-refractivity contribution in [3.63, 3.8) is 0 Å². The number of hydrogen-bond acceptors (Lipinski definition) is 3. The zero-order valence-electron chi connectivity index (χ0n) is 8.27. The molecule has 1 heterocycles. The third kappa shape index (κ3) is 1.54. The molecule has 1 atom stereocenters. The van der Waals surface area contributed by atoms with Crippen molar-refractivity contribution in [3.8, 4) is 0 Å². The molecule has 5 heteroatoms. The molecule has 1 N–H and O–H groups in total. The summed E-state index contributed by atoms with van der Waals surface area (Å²) in [6.07, 6.45) is 2.74. The number of carbonyl (C=O) groups excluding carboxylic acids is 2. The Kier molecular flexibility index (Phi) is 2.10. The first-order valence-corrected chi connectivity index (χ1v) is 4.81. The van der Waals surface area contributed by atoms with Crippen molar-refractivity contribution < 1.29 is 19.5 Å². The first-order chi connectivity index (χ1) is 7.02. The summed E-state index contributed by atoms with van der Waals surface area (Å²) in [4.78, 5) is 34.9. The van der Waals surface area contributed by atoms with Crippen molar-refractivity contribution in [1.29, 1.82) is 0 Å². The van der Waals surface area contributed by atoms with Crippen LogP contribution in [0.4, 0.5) is 0 Å². The van der Waals surface area contributed by atoms with E-state index in [0.29, 0.717) is 5.57 Å². The van der Waals surface area contributed by atoms with Crippen molar-refractivity contribution >= 4 is 17.8 Å². The van der Waals surface area contributed by atoms with Crippen molar-refractivity contribution in [3.05, 3.63) is 11.6 Å². The average molecular weight is 209 g/mol. The second-order valence-corrected chi connectivity index (χ2v) is 3.96. The lowest BCUT2D eigenvalue weighted by Gasteiger charge is -2.22. The van der Waals surface area contributed by atoms with Crippen LogP contribution in [0.2, 0.25) is 0 Å². The number of amides is 2. The van der Waals surface area contributed by atoms with Gasteiger partial charge >= 0.3 is 5.97 Å². The summed E-state index contributed by atoms with van der Waals surface area (Å²) >= 11 is 0. The maximum atomic E-state index is 11.6. The van der Waals surface area contributed by atoms with Crippen LogP contribution < -0.4 is 0 Å². The van der Waals surface area contributed by atoms with E-state index in [2.05, 4.69) is 0 Å². The van der Waals surface area contributed by atoms with Gasteiger partial charge in [-0.15, -0.1) is 0 Å². The summed E-state index contributed by atoms with van der Waals surface area (Å²) in [5.74, 6) is -2.13. The van der Waals surface area contributed by atoms with Gasteiger partial charge in [-0.05, 0) is 25.7 Å². The average Bonchev–Trinajstić information content (AvgIpc) is 2.91. The van der Waals surface area contributed by atoms with E-state index in [1.165, 1.54) is 13.0 Å². The molecule has 0 saturated heterocycles. The van der Waals surface area contributed by atoms with E-state index in [9.17, 15) is 14.4 Å². The van der Waals surface area contributed by atoms with Crippen LogP contribution in [0.25, 0.3) is 0 Å². The number of hydrogen-bond donors (Lipinski definition) is 1. The lowest BCUT2D eigenvalue weighted by molar-refractivity contribution is -0.154. The van der Waals surface area contributed by atoms with Gasteiger partial charge in [0.25, 0.3) is 11.8 Å². The number of carbonyl (C=O) groups is 3. The van der Waals surface area contributed by atoms with Crippen LogP contribution >= 0.6 is 0 Å². The first-order valence-electron chi connectivity index (χ1n) is 4.81. The van der Waals surface area contributed by atoms with E-state index in [4.69, 9.17) is 5.11 Å². The molecule has 1 aliphatic heterocycles. The number of carboxylic acid groups (broad SMARTS) is 1. The molecule has 1 saturated carbocycles. The number of aliphatic carboxylic acids is 1. The Balaban J connectivity index is 2.26. The smallest absolute Gasteiger partial charge is 0.327 e. The normalized spacial score (nSPS) is 23.0. The molecule has 2 rings (SSSR count). The molecule has 1 aliphatic carbocycles. The molecular formula is C10H11NO4. The van der Waals surface area contributed by atoms with Crippen molar-refractivity contribution in [2.75, 3.05) is 0 Å². The van der Waals surface area contributed by atoms with E-state index < -0.39 is 23.8 Å². The van der Waals surface area contributed by atoms with Gasteiger partial charge in [-0.1, -0.05) is 0 Å². The second kappa shape index (κ2) is 3.18. The summed E-state index contributed by atoms with van der Waals surface area (Å²) < 4.78 is 0. The molecule has 0 bridgehead atoms. The fraction of sp³-hybridized carbons (Fsp3) is 0.500. The van der Waals surface area contributed by atoms with Crippen LogP contribution in [-0.4, -0.2) is 33.8 Å². The van der Waals surface area contributed by atoms with E-state index in [0.717, 1.165) is 17.7 Å². The zero-order valence-corrected chi connectivity index (χ0v) is 8.27. The molecule has 0 aromatic carbocycles. The Morgan fingerprint density at radius 3 is 2.47 bits per heavy atom. The van der Waals surface area contributed by atoms with Gasteiger partial charge in [-0.25, -0.2) is 4.79 Å². The number of nitrogens with zero attached hydrogens (tertiary/aromatic N) is 1. The van der Waals surface area contributed by atoms with Crippen LogP contribution in [0.1, 0.15) is 19.8 Å². The third-order valence-corrected chi connectivity index (χ3v) is 2.73. The predicted molar refractivity (Wildman–Crippen MR) is 49.8 cm³/mol. The SMILES string of the molecule is CC1=CC(=O)N(C(C(=O)O)C2CC2)C1=O. The Labute approximate surface area is 86.4 Å². The van der Waals surface area contributed by atoms with Gasteiger partial charge in [0.15, 0.2) is 0 Å². The molecule has 80 valence electrons. The van der Waals surface area contributed by atoms with Gasteiger partial charge in [-0.3, -0.25) is 14.5 Å². The van der Waals surface area contributed by atoms with Gasteiger partial charge in [0.1, 0.15) is 6.04 Å². The van der Waals surface area contributed by atoms with Crippen LogP contribution in [0.15, 0.2) is 11.6 Å². The largest absolute Gasteiger partial charge is 0.480 e. The van der Waals surface area contributed by atoms with Crippen LogP contribution in [0, 0.1) is 5.92 Å². The minimum atomic E-state index is -1.10. The fourth-order valence-electron chi connectivity index (χ4n) is 1.80. The standard InChI is InChI=1S/C10H11NO4/c1-5-4-7(12)11(9(5)13)8(10(14)15)6-2-3-6/h4,6,8H,2-3H2,1H3,(H,14,15). The third-order valence-electron chi connectivity index (χ3n) is 2.73. The fourth-order valence-corrected chi connectivity index (χ4v) is 1.80. The van der Waals surface area contributed by atoms with E-state index in [1.807, 2.05) is 0 Å². The van der Waals surface area contributed by atoms with Crippen molar-refractivity contribution in [2.24, 2.45) is 5.92 Å². The summed E-state index contributed by atoms with van der Waals surface area (Å²) in [5, 5.41) is 9.00. The van der Waals surface area contributed by atoms with Crippen LogP contribution in [0.5, 0.6) is 0 Å². The van der Waals surface area contributed by atoms with E-state index in [-0.39, 0.29) is 5.92 Å². The highest BCUT2D eigenvalue weighted by Gasteiger charge is 2.46.